The van der Waals surface area contributed by atoms with Gasteiger partial charge in [-0.25, -0.2) is 0 Å². The van der Waals surface area contributed by atoms with Crippen LogP contribution in [-0.2, 0) is 0 Å². The van der Waals surface area contributed by atoms with Crippen molar-refractivity contribution in [3.05, 3.63) is 76.1 Å². The Morgan fingerprint density at radius 3 is 2.52 bits per heavy atom. The average molecular weight is 400 g/mol. The standard InChI is InChI=1S/C18H14BrN3O3/c1-11-9-13(19)7-8-14(11)20-17(24)15-10-25-18(21-15)22-16(23)12-5-3-2-4-6-12/h2-10H,1H3,(H,20,24)(H,21,22,23). The first-order valence-corrected chi connectivity index (χ1v) is 8.21. The van der Waals surface area contributed by atoms with Crippen LogP contribution in [0.2, 0.25) is 0 Å². The first-order valence-electron chi connectivity index (χ1n) is 7.42. The minimum absolute atomic E-state index is 0.0356. The van der Waals surface area contributed by atoms with E-state index in [1.165, 1.54) is 6.26 Å². The average Bonchev–Trinajstić information content (AvgIpc) is 3.07. The lowest BCUT2D eigenvalue weighted by Gasteiger charge is -2.06. The summed E-state index contributed by atoms with van der Waals surface area (Å²) in [5.41, 5.74) is 2.12. The molecule has 0 spiro atoms. The van der Waals surface area contributed by atoms with Gasteiger partial charge in [-0.1, -0.05) is 34.1 Å². The first kappa shape index (κ1) is 16.9. The Balaban J connectivity index is 1.68. The Labute approximate surface area is 152 Å². The number of halogens is 1. The van der Waals surface area contributed by atoms with Gasteiger partial charge in [-0.2, -0.15) is 4.98 Å². The number of rotatable bonds is 4. The van der Waals surface area contributed by atoms with Gasteiger partial charge >= 0.3 is 6.01 Å². The van der Waals surface area contributed by atoms with E-state index in [1.54, 1.807) is 30.3 Å². The fourth-order valence-electron chi connectivity index (χ4n) is 2.15. The SMILES string of the molecule is Cc1cc(Br)ccc1NC(=O)c1coc(NC(=O)c2ccccc2)n1. The van der Waals surface area contributed by atoms with Gasteiger partial charge in [0, 0.05) is 15.7 Å². The quantitative estimate of drug-likeness (QED) is 0.686. The summed E-state index contributed by atoms with van der Waals surface area (Å²) >= 11 is 3.37. The highest BCUT2D eigenvalue weighted by Gasteiger charge is 2.15. The zero-order chi connectivity index (χ0) is 17.8. The maximum absolute atomic E-state index is 12.3. The molecule has 1 heterocycles. The number of aromatic nitrogens is 1. The van der Waals surface area contributed by atoms with E-state index < -0.39 is 5.91 Å². The molecule has 0 aliphatic rings. The molecule has 3 rings (SSSR count). The Bertz CT molecular complexity index is 922. The van der Waals surface area contributed by atoms with E-state index >= 15 is 0 Å². The zero-order valence-electron chi connectivity index (χ0n) is 13.2. The number of hydrogen-bond donors (Lipinski definition) is 2. The molecule has 0 radical (unpaired) electrons. The maximum atomic E-state index is 12.3. The molecule has 0 fully saturated rings. The highest BCUT2D eigenvalue weighted by molar-refractivity contribution is 9.10. The van der Waals surface area contributed by atoms with E-state index in [0.717, 1.165) is 10.0 Å². The molecule has 2 aromatic carbocycles. The first-order chi connectivity index (χ1) is 12.0. The molecule has 1 aromatic heterocycles. The molecule has 0 saturated carbocycles. The summed E-state index contributed by atoms with van der Waals surface area (Å²) in [4.78, 5) is 28.3. The van der Waals surface area contributed by atoms with Crippen molar-refractivity contribution in [3.63, 3.8) is 0 Å². The summed E-state index contributed by atoms with van der Waals surface area (Å²) in [6.07, 6.45) is 1.20. The number of anilines is 2. The van der Waals surface area contributed by atoms with Gasteiger partial charge in [0.05, 0.1) is 0 Å². The van der Waals surface area contributed by atoms with Crippen LogP contribution < -0.4 is 10.6 Å². The van der Waals surface area contributed by atoms with Crippen molar-refractivity contribution in [1.82, 2.24) is 4.98 Å². The molecule has 0 aliphatic heterocycles. The molecule has 0 atom stereocenters. The van der Waals surface area contributed by atoms with Crippen LogP contribution in [-0.4, -0.2) is 16.8 Å². The highest BCUT2D eigenvalue weighted by Crippen LogP contribution is 2.21. The molecule has 2 N–H and O–H groups in total. The molecular formula is C18H14BrN3O3. The van der Waals surface area contributed by atoms with Crippen molar-refractivity contribution in [1.29, 1.82) is 0 Å². The predicted molar refractivity (Wildman–Crippen MR) is 97.7 cm³/mol. The number of benzene rings is 2. The van der Waals surface area contributed by atoms with Gasteiger partial charge in [-0.15, -0.1) is 0 Å². The normalized spacial score (nSPS) is 10.3. The van der Waals surface area contributed by atoms with Gasteiger partial charge in [0.1, 0.15) is 6.26 Å². The third kappa shape index (κ3) is 4.13. The van der Waals surface area contributed by atoms with Gasteiger partial charge in [-0.3, -0.25) is 14.9 Å². The lowest BCUT2D eigenvalue weighted by atomic mass is 10.2. The molecule has 6 nitrogen and oxygen atoms in total. The summed E-state index contributed by atoms with van der Waals surface area (Å²) < 4.78 is 6.08. The van der Waals surface area contributed by atoms with Crippen LogP contribution in [0.4, 0.5) is 11.7 Å². The van der Waals surface area contributed by atoms with E-state index in [2.05, 4.69) is 31.5 Å². The number of nitrogens with zero attached hydrogens (tertiary/aromatic N) is 1. The van der Waals surface area contributed by atoms with Crippen molar-refractivity contribution in [2.24, 2.45) is 0 Å². The van der Waals surface area contributed by atoms with E-state index in [-0.39, 0.29) is 17.6 Å². The largest absolute Gasteiger partial charge is 0.431 e. The van der Waals surface area contributed by atoms with Crippen LogP contribution in [0.15, 0.2) is 63.7 Å². The lowest BCUT2D eigenvalue weighted by molar-refractivity contribution is 0.101. The number of aryl methyl sites for hydroxylation is 1. The van der Waals surface area contributed by atoms with Gasteiger partial charge in [0.2, 0.25) is 0 Å². The molecule has 25 heavy (non-hydrogen) atoms. The maximum Gasteiger partial charge on any atom is 0.302 e. The summed E-state index contributed by atoms with van der Waals surface area (Å²) in [5.74, 6) is -0.785. The number of nitrogens with one attached hydrogen (secondary N) is 2. The Morgan fingerprint density at radius 1 is 1.04 bits per heavy atom. The van der Waals surface area contributed by atoms with E-state index in [9.17, 15) is 9.59 Å². The second kappa shape index (κ2) is 7.31. The van der Waals surface area contributed by atoms with Crippen LogP contribution in [0.5, 0.6) is 0 Å². The van der Waals surface area contributed by atoms with Gasteiger partial charge in [0.25, 0.3) is 11.8 Å². The number of oxazole rings is 1. The van der Waals surface area contributed by atoms with Crippen LogP contribution in [0.25, 0.3) is 0 Å². The Hall–Kier alpha value is -2.93. The van der Waals surface area contributed by atoms with Crippen molar-refractivity contribution in [2.75, 3.05) is 10.6 Å². The minimum Gasteiger partial charge on any atom is -0.431 e. The number of amides is 2. The van der Waals surface area contributed by atoms with E-state index in [1.807, 2.05) is 25.1 Å². The zero-order valence-corrected chi connectivity index (χ0v) is 14.8. The smallest absolute Gasteiger partial charge is 0.302 e. The molecular weight excluding hydrogens is 386 g/mol. The fourth-order valence-corrected chi connectivity index (χ4v) is 2.62. The summed E-state index contributed by atoms with van der Waals surface area (Å²) in [5, 5.41) is 5.27. The number of carbonyl (C=O) groups is 2. The molecule has 0 saturated heterocycles. The molecule has 0 aliphatic carbocycles. The van der Waals surface area contributed by atoms with Crippen molar-refractivity contribution < 1.29 is 14.0 Å². The molecule has 0 bridgehead atoms. The van der Waals surface area contributed by atoms with Crippen molar-refractivity contribution >= 4 is 39.4 Å². The second-order valence-corrected chi connectivity index (χ2v) is 6.19. The Kier molecular flexibility index (Phi) is 4.95. The van der Waals surface area contributed by atoms with Crippen LogP contribution in [0.3, 0.4) is 0 Å². The van der Waals surface area contributed by atoms with E-state index in [0.29, 0.717) is 11.3 Å². The summed E-state index contributed by atoms with van der Waals surface area (Å²) in [6, 6.07) is 14.1. The van der Waals surface area contributed by atoms with Crippen LogP contribution in [0.1, 0.15) is 26.4 Å². The monoisotopic (exact) mass is 399 g/mol. The van der Waals surface area contributed by atoms with Gasteiger partial charge in [-0.05, 0) is 42.8 Å². The van der Waals surface area contributed by atoms with Crippen LogP contribution >= 0.6 is 15.9 Å². The minimum atomic E-state index is -0.422. The van der Waals surface area contributed by atoms with Crippen molar-refractivity contribution in [2.45, 2.75) is 6.92 Å². The third-order valence-electron chi connectivity index (χ3n) is 3.43. The molecule has 2 amide bonds. The lowest BCUT2D eigenvalue weighted by Crippen LogP contribution is -2.14. The predicted octanol–water partition coefficient (Wildman–Crippen LogP) is 4.25. The van der Waals surface area contributed by atoms with Gasteiger partial charge < -0.3 is 9.73 Å². The number of carbonyl (C=O) groups excluding carboxylic acids is 2. The summed E-state index contributed by atoms with van der Waals surface area (Å²) in [7, 11) is 0. The molecule has 3 aromatic rings. The molecule has 0 unspecified atom stereocenters. The topological polar surface area (TPSA) is 84.2 Å². The Morgan fingerprint density at radius 2 is 1.80 bits per heavy atom. The van der Waals surface area contributed by atoms with Gasteiger partial charge in [0.15, 0.2) is 5.69 Å². The van der Waals surface area contributed by atoms with Crippen LogP contribution in [0, 0.1) is 6.92 Å². The molecule has 126 valence electrons. The fraction of sp³-hybridized carbons (Fsp3) is 0.0556. The highest BCUT2D eigenvalue weighted by atomic mass is 79.9. The van der Waals surface area contributed by atoms with Crippen molar-refractivity contribution in [3.8, 4) is 0 Å². The summed E-state index contributed by atoms with van der Waals surface area (Å²) in [6.45, 7) is 1.88. The second-order valence-electron chi connectivity index (χ2n) is 5.27. The third-order valence-corrected chi connectivity index (χ3v) is 3.92. The number of hydrogen-bond acceptors (Lipinski definition) is 4. The molecule has 7 heteroatoms. The van der Waals surface area contributed by atoms with E-state index in [4.69, 9.17) is 4.42 Å².